The average molecular weight is 531 g/mol. The maximum Gasteiger partial charge on any atom is 0.244 e. The third-order valence-corrected chi connectivity index (χ3v) is 10.9. The number of alkyl halides is 1. The lowest BCUT2D eigenvalue weighted by Crippen LogP contribution is -2.56. The molecule has 0 radical (unpaired) electrons. The molecule has 3 heterocycles. The molecule has 3 unspecified atom stereocenters. The minimum absolute atomic E-state index is 0.00498. The van der Waals surface area contributed by atoms with E-state index in [0.29, 0.717) is 25.9 Å². The van der Waals surface area contributed by atoms with Crippen LogP contribution in [0.2, 0.25) is 0 Å². The molecule has 2 bridgehead atoms. The Morgan fingerprint density at radius 1 is 1.22 bits per heavy atom. The fraction of sp³-hybridized carbons (Fsp3) is 0.870. The van der Waals surface area contributed by atoms with Crippen LogP contribution >= 0.6 is 27.7 Å². The molecule has 1 saturated carbocycles. The van der Waals surface area contributed by atoms with Crippen LogP contribution in [0.3, 0.4) is 0 Å². The van der Waals surface area contributed by atoms with Crippen LogP contribution in [0, 0.1) is 11.8 Å². The monoisotopic (exact) mass is 529 g/mol. The van der Waals surface area contributed by atoms with Crippen molar-refractivity contribution >= 4 is 45.4 Å². The molecule has 3 aliphatic heterocycles. The zero-order valence-electron chi connectivity index (χ0n) is 18.9. The Balaban J connectivity index is 1.62. The molecule has 1 spiro atoms. The molecular weight excluding hydrogens is 494 g/mol. The molecule has 180 valence electrons. The first-order valence-corrected chi connectivity index (χ1v) is 14.1. The van der Waals surface area contributed by atoms with Crippen molar-refractivity contribution < 1.29 is 19.5 Å². The molecule has 7 nitrogen and oxygen atoms in total. The molecule has 4 fully saturated rings. The smallest absolute Gasteiger partial charge is 0.244 e. The van der Waals surface area contributed by atoms with Gasteiger partial charge in [-0.25, -0.2) is 0 Å². The number of likely N-dealkylation sites (tertiary alicyclic amines) is 1. The Labute approximate surface area is 203 Å². The highest BCUT2D eigenvalue weighted by molar-refractivity contribution is 9.09. The third-order valence-electron chi connectivity index (χ3n) is 7.65. The van der Waals surface area contributed by atoms with Crippen LogP contribution in [0.4, 0.5) is 0 Å². The summed E-state index contributed by atoms with van der Waals surface area (Å²) in [6.07, 6.45) is 8.26. The molecule has 6 atom stereocenters. The lowest BCUT2D eigenvalue weighted by atomic mass is 9.70. The lowest BCUT2D eigenvalue weighted by Gasteiger charge is -2.36. The van der Waals surface area contributed by atoms with Gasteiger partial charge in [0.2, 0.25) is 17.7 Å². The van der Waals surface area contributed by atoms with Gasteiger partial charge in [-0.1, -0.05) is 42.1 Å². The summed E-state index contributed by atoms with van der Waals surface area (Å²) >= 11 is 5.48. The fourth-order valence-corrected chi connectivity index (χ4v) is 9.87. The van der Waals surface area contributed by atoms with Crippen molar-refractivity contribution in [3.63, 3.8) is 0 Å². The Kier molecular flexibility index (Phi) is 7.77. The number of fused-ring (bicyclic) bond motifs is 1. The normalized spacial score (nSPS) is 36.4. The molecule has 4 rings (SSSR count). The topological polar surface area (TPSA) is 98.7 Å². The van der Waals surface area contributed by atoms with Crippen LogP contribution in [-0.2, 0) is 14.4 Å². The van der Waals surface area contributed by atoms with Gasteiger partial charge >= 0.3 is 0 Å². The van der Waals surface area contributed by atoms with Gasteiger partial charge in [0, 0.05) is 35.8 Å². The number of nitrogens with one attached hydrogen (secondary N) is 2. The van der Waals surface area contributed by atoms with Crippen molar-refractivity contribution in [2.24, 2.45) is 11.8 Å². The third kappa shape index (κ3) is 4.22. The maximum atomic E-state index is 13.7. The molecule has 9 heteroatoms. The second kappa shape index (κ2) is 10.2. The summed E-state index contributed by atoms with van der Waals surface area (Å²) in [7, 11) is 0. The molecular formula is C23H36BrN3O4S. The van der Waals surface area contributed by atoms with Gasteiger partial charge in [-0.3, -0.25) is 14.4 Å². The molecule has 4 aliphatic rings. The summed E-state index contributed by atoms with van der Waals surface area (Å²) in [6.45, 7) is 3.12. The van der Waals surface area contributed by atoms with Crippen LogP contribution in [0.1, 0.15) is 64.7 Å². The number of thioether (sulfide) groups is 1. The van der Waals surface area contributed by atoms with Gasteiger partial charge in [-0.15, -0.1) is 11.8 Å². The van der Waals surface area contributed by atoms with Crippen LogP contribution in [0.5, 0.6) is 0 Å². The summed E-state index contributed by atoms with van der Waals surface area (Å²) in [5, 5.41) is 15.5. The zero-order valence-corrected chi connectivity index (χ0v) is 21.3. The number of aliphatic hydroxyl groups is 1. The first-order chi connectivity index (χ1) is 15.4. The quantitative estimate of drug-likeness (QED) is 0.314. The second-order valence-corrected chi connectivity index (χ2v) is 12.5. The summed E-state index contributed by atoms with van der Waals surface area (Å²) in [4.78, 5) is 42.4. The Morgan fingerprint density at radius 3 is 2.66 bits per heavy atom. The van der Waals surface area contributed by atoms with E-state index in [4.69, 9.17) is 0 Å². The standard InChI is InChI=1S/C23H36BrN3O4S/c1-2-10-25-20(29)16-17-22(31)27(11-6-7-12-28)19(23(17)13-15(24)18(16)32-23)21(30)26-14-8-4-3-5-9-14/h14-19,28H,2-13H2,1H3,(H,25,29)(H,26,30)/t15?,16-,17-,18-,19?,23?/m0/s1. The van der Waals surface area contributed by atoms with Gasteiger partial charge in [-0.2, -0.15) is 0 Å². The second-order valence-electron chi connectivity index (χ2n) is 9.76. The van der Waals surface area contributed by atoms with E-state index >= 15 is 0 Å². The van der Waals surface area contributed by atoms with Gasteiger partial charge in [0.25, 0.3) is 0 Å². The molecule has 3 saturated heterocycles. The van der Waals surface area contributed by atoms with E-state index in [1.165, 1.54) is 6.42 Å². The van der Waals surface area contributed by atoms with E-state index in [0.717, 1.165) is 38.5 Å². The van der Waals surface area contributed by atoms with E-state index in [-0.39, 0.29) is 40.4 Å². The summed E-state index contributed by atoms with van der Waals surface area (Å²) < 4.78 is -0.567. The minimum Gasteiger partial charge on any atom is -0.396 e. The highest BCUT2D eigenvalue weighted by Crippen LogP contribution is 2.67. The van der Waals surface area contributed by atoms with Crippen LogP contribution < -0.4 is 10.6 Å². The number of halogens is 1. The van der Waals surface area contributed by atoms with Crippen LogP contribution in [-0.4, -0.2) is 74.3 Å². The van der Waals surface area contributed by atoms with E-state index in [1.807, 2.05) is 6.92 Å². The lowest BCUT2D eigenvalue weighted by molar-refractivity contribution is -0.140. The van der Waals surface area contributed by atoms with E-state index in [2.05, 4.69) is 26.6 Å². The van der Waals surface area contributed by atoms with Crippen LogP contribution in [0.15, 0.2) is 0 Å². The first-order valence-electron chi connectivity index (χ1n) is 12.3. The van der Waals surface area contributed by atoms with Crippen molar-refractivity contribution in [2.75, 3.05) is 19.7 Å². The number of unbranched alkanes of at least 4 members (excludes halogenated alkanes) is 1. The number of amides is 3. The molecule has 3 N–H and O–H groups in total. The largest absolute Gasteiger partial charge is 0.396 e. The Morgan fingerprint density at radius 2 is 1.97 bits per heavy atom. The maximum absolute atomic E-state index is 13.7. The summed E-state index contributed by atoms with van der Waals surface area (Å²) in [5.41, 5.74) is 0. The van der Waals surface area contributed by atoms with Crippen molar-refractivity contribution in [3.8, 4) is 0 Å². The van der Waals surface area contributed by atoms with Crippen molar-refractivity contribution in [1.29, 1.82) is 0 Å². The Hall–Kier alpha value is -0.800. The number of aliphatic hydroxyl groups excluding tert-OH is 1. The molecule has 0 aromatic carbocycles. The molecule has 0 aromatic heterocycles. The first kappa shape index (κ1) is 24.3. The Bertz CT molecular complexity index is 734. The predicted octanol–water partition coefficient (Wildman–Crippen LogP) is 2.20. The van der Waals surface area contributed by atoms with Crippen molar-refractivity contribution in [3.05, 3.63) is 0 Å². The molecule has 1 aliphatic carbocycles. The summed E-state index contributed by atoms with van der Waals surface area (Å²) in [5.74, 6) is -1.04. The number of carbonyl (C=O) groups excluding carboxylic acids is 3. The minimum atomic E-state index is -0.567. The zero-order chi connectivity index (χ0) is 22.9. The van der Waals surface area contributed by atoms with E-state index in [1.54, 1.807) is 16.7 Å². The number of hydrogen-bond acceptors (Lipinski definition) is 5. The van der Waals surface area contributed by atoms with Gasteiger partial charge in [0.15, 0.2) is 0 Å². The summed E-state index contributed by atoms with van der Waals surface area (Å²) in [6, 6.07) is -0.382. The van der Waals surface area contributed by atoms with Gasteiger partial charge in [0.05, 0.1) is 16.6 Å². The molecule has 0 aromatic rings. The SMILES string of the molecule is CCCNC(=O)[C@H]1[C@H]2C(=O)N(CCCCO)C(C(=O)NC3CCCCC3)C23CC(Br)[C@@H]1S3. The number of hydrogen-bond donors (Lipinski definition) is 3. The highest BCUT2D eigenvalue weighted by atomic mass is 79.9. The molecule has 3 amide bonds. The van der Waals surface area contributed by atoms with Gasteiger partial charge < -0.3 is 20.6 Å². The number of carbonyl (C=O) groups is 3. The highest BCUT2D eigenvalue weighted by Gasteiger charge is 2.75. The number of rotatable bonds is 9. The van der Waals surface area contributed by atoms with E-state index < -0.39 is 22.6 Å². The van der Waals surface area contributed by atoms with Gasteiger partial charge in [0.1, 0.15) is 6.04 Å². The van der Waals surface area contributed by atoms with Crippen molar-refractivity contribution in [2.45, 2.75) is 91.6 Å². The predicted molar refractivity (Wildman–Crippen MR) is 129 cm³/mol. The number of nitrogens with zero attached hydrogens (tertiary/aromatic N) is 1. The molecule has 32 heavy (non-hydrogen) atoms. The van der Waals surface area contributed by atoms with E-state index in [9.17, 15) is 19.5 Å². The van der Waals surface area contributed by atoms with Crippen molar-refractivity contribution in [1.82, 2.24) is 15.5 Å². The average Bonchev–Trinajstić information content (AvgIpc) is 3.36. The fourth-order valence-electron chi connectivity index (χ4n) is 6.26. The van der Waals surface area contributed by atoms with Crippen LogP contribution in [0.25, 0.3) is 0 Å². The van der Waals surface area contributed by atoms with Gasteiger partial charge in [-0.05, 0) is 38.5 Å².